The van der Waals surface area contributed by atoms with Gasteiger partial charge in [0.1, 0.15) is 31.3 Å². The molecule has 0 spiro atoms. The Hall–Kier alpha value is -3.05. The number of carbonyl (C=O) groups excluding carboxylic acids is 2. The number of aryl methyl sites for hydroxylation is 2. The van der Waals surface area contributed by atoms with Gasteiger partial charge in [-0.05, 0) is 82.8 Å². The third kappa shape index (κ3) is 30.1. The van der Waals surface area contributed by atoms with Crippen molar-refractivity contribution in [2.24, 2.45) is 0 Å². The summed E-state index contributed by atoms with van der Waals surface area (Å²) < 4.78 is 40.1. The van der Waals surface area contributed by atoms with Gasteiger partial charge >= 0.3 is 11.9 Å². The molecule has 11 nitrogen and oxygen atoms in total. The fourth-order valence-corrected chi connectivity index (χ4v) is 6.67. The van der Waals surface area contributed by atoms with Crippen LogP contribution in [0, 0.1) is 13.8 Å². The van der Waals surface area contributed by atoms with Gasteiger partial charge in [-0.25, -0.2) is 0 Å². The van der Waals surface area contributed by atoms with Crippen molar-refractivity contribution in [3.63, 3.8) is 0 Å². The summed E-state index contributed by atoms with van der Waals surface area (Å²) in [6, 6.07) is 0. The van der Waals surface area contributed by atoms with E-state index < -0.39 is 32.5 Å². The Bertz CT molecular complexity index is 1500. The molecular formula is C48H80NO10P. The zero-order valence-electron chi connectivity index (χ0n) is 38.2. The quantitative estimate of drug-likeness (QED) is 0.0173. The monoisotopic (exact) mass is 862 g/mol. The molecule has 0 aliphatic carbocycles. The van der Waals surface area contributed by atoms with E-state index in [-0.39, 0.29) is 32.2 Å². The van der Waals surface area contributed by atoms with Crippen molar-refractivity contribution in [1.82, 2.24) is 0 Å². The van der Waals surface area contributed by atoms with Crippen LogP contribution in [0.4, 0.5) is 0 Å². The Morgan fingerprint density at radius 3 is 1.92 bits per heavy atom. The minimum absolute atomic E-state index is 0.0578. The van der Waals surface area contributed by atoms with Crippen LogP contribution in [0.5, 0.6) is 0 Å². The van der Waals surface area contributed by atoms with Gasteiger partial charge in [-0.15, -0.1) is 0 Å². The number of hydrogen-bond acceptors (Lipinski definition) is 10. The van der Waals surface area contributed by atoms with Gasteiger partial charge in [0.2, 0.25) is 0 Å². The van der Waals surface area contributed by atoms with Gasteiger partial charge < -0.3 is 37.4 Å². The highest BCUT2D eigenvalue weighted by Gasteiger charge is 2.22. The summed E-state index contributed by atoms with van der Waals surface area (Å²) in [7, 11) is 1.07. The number of esters is 2. The van der Waals surface area contributed by atoms with Gasteiger partial charge in [-0.3, -0.25) is 14.2 Å². The molecule has 0 bridgehead atoms. The lowest BCUT2D eigenvalue weighted by molar-refractivity contribution is -0.870. The highest BCUT2D eigenvalue weighted by molar-refractivity contribution is 7.45. The Morgan fingerprint density at radius 1 is 0.733 bits per heavy atom. The third-order valence-corrected chi connectivity index (χ3v) is 10.9. The predicted molar refractivity (Wildman–Crippen MR) is 240 cm³/mol. The van der Waals surface area contributed by atoms with Crippen LogP contribution in [0.15, 0.2) is 65.2 Å². The lowest BCUT2D eigenvalue weighted by Gasteiger charge is -2.28. The number of allylic oxidation sites excluding steroid dienone is 9. The summed E-state index contributed by atoms with van der Waals surface area (Å²) in [5.74, 6) is 1.29. The molecule has 1 N–H and O–H groups in total. The standard InChI is InChI=1S/C48H80NO10P/c1-8-10-27-33-45-41(3)42(4)46(59-45)34-29-24-21-22-26-31-36-48(52)58-44(40-57-60(53,54)56-38-37-49(5,6)7)39-55-47(51)35-30-25-20-18-16-14-12-11-13-15-17-19-23-28-32-43(50)9-2/h12-15,18-20,23,28,32,43-44,50H,8-11,16-17,21-22,24-27,29-31,33-40H2,1-7H3/b14-12-,15-13-,20-18-,23-19-,32-28+/t43-,44+/m0/s1. The molecule has 0 saturated heterocycles. The van der Waals surface area contributed by atoms with Crippen molar-refractivity contribution in [3.05, 3.63) is 83.4 Å². The molecule has 0 saturated carbocycles. The smallest absolute Gasteiger partial charge is 0.306 e. The van der Waals surface area contributed by atoms with E-state index in [2.05, 4.69) is 51.2 Å². The first kappa shape index (κ1) is 55.0. The summed E-state index contributed by atoms with van der Waals surface area (Å²) in [5, 5.41) is 9.49. The van der Waals surface area contributed by atoms with Crippen LogP contribution in [-0.2, 0) is 45.5 Å². The number of phosphoric ester groups is 1. The molecule has 12 heteroatoms. The van der Waals surface area contributed by atoms with E-state index in [1.807, 2.05) is 52.4 Å². The molecular weight excluding hydrogens is 781 g/mol. The number of rotatable bonds is 36. The second kappa shape index (κ2) is 33.6. The molecule has 1 rings (SSSR count). The number of phosphoric acid groups is 1. The Kier molecular flexibility index (Phi) is 30.7. The zero-order valence-corrected chi connectivity index (χ0v) is 39.1. The molecule has 1 aromatic heterocycles. The SMILES string of the molecule is CCCCCc1oc(CCCCCCCCC(=O)O[C@H](COC(=O)CCC/C=C\C/C=C\C/C=C\C/C=C\C=C\[C@@H](O)CC)COP(=O)([O-])OCC[N+](C)(C)C)c(C)c1C. The van der Waals surface area contributed by atoms with Crippen molar-refractivity contribution in [2.75, 3.05) is 47.5 Å². The molecule has 0 aliphatic heterocycles. The van der Waals surface area contributed by atoms with Crippen LogP contribution >= 0.6 is 7.82 Å². The molecule has 1 aromatic rings. The van der Waals surface area contributed by atoms with Gasteiger partial charge in [-0.1, -0.05) is 113 Å². The number of nitrogens with zero attached hydrogens (tertiary/aromatic N) is 1. The number of furan rings is 1. The van der Waals surface area contributed by atoms with Crippen molar-refractivity contribution in [1.29, 1.82) is 0 Å². The van der Waals surface area contributed by atoms with E-state index in [9.17, 15) is 24.2 Å². The number of ether oxygens (including phenoxy) is 2. The minimum Gasteiger partial charge on any atom is -0.756 e. The number of quaternary nitrogens is 1. The second-order valence-electron chi connectivity index (χ2n) is 16.5. The van der Waals surface area contributed by atoms with E-state index in [0.717, 1.165) is 82.1 Å². The lowest BCUT2D eigenvalue weighted by Crippen LogP contribution is -2.37. The molecule has 342 valence electrons. The zero-order chi connectivity index (χ0) is 44.5. The fourth-order valence-electron chi connectivity index (χ4n) is 5.94. The van der Waals surface area contributed by atoms with Gasteiger partial charge in [0.15, 0.2) is 6.10 Å². The molecule has 1 unspecified atom stereocenters. The normalized spacial score (nSPS) is 14.6. The summed E-state index contributed by atoms with van der Waals surface area (Å²) >= 11 is 0. The maximum atomic E-state index is 12.8. The molecule has 0 aromatic carbocycles. The average molecular weight is 862 g/mol. The molecule has 60 heavy (non-hydrogen) atoms. The van der Waals surface area contributed by atoms with Gasteiger partial charge in [-0.2, -0.15) is 0 Å². The van der Waals surface area contributed by atoms with Gasteiger partial charge in [0.25, 0.3) is 7.82 Å². The van der Waals surface area contributed by atoms with Crippen LogP contribution in [-0.4, -0.2) is 81.2 Å². The molecule has 3 atom stereocenters. The van der Waals surface area contributed by atoms with Crippen molar-refractivity contribution < 1.29 is 51.6 Å². The van der Waals surface area contributed by atoms with Crippen LogP contribution in [0.25, 0.3) is 0 Å². The number of aliphatic hydroxyl groups is 1. The Balaban J connectivity index is 2.43. The first-order valence-electron chi connectivity index (χ1n) is 22.5. The number of hydrogen-bond donors (Lipinski definition) is 1. The molecule has 0 amide bonds. The molecule has 0 aliphatic rings. The van der Waals surface area contributed by atoms with Crippen molar-refractivity contribution in [3.8, 4) is 0 Å². The summed E-state index contributed by atoms with van der Waals surface area (Å²) in [5.41, 5.74) is 2.58. The summed E-state index contributed by atoms with van der Waals surface area (Å²) in [4.78, 5) is 37.7. The maximum absolute atomic E-state index is 12.8. The number of likely N-dealkylation sites (N-methyl/N-ethyl adjacent to an activating group) is 1. The first-order chi connectivity index (χ1) is 28.7. The van der Waals surface area contributed by atoms with Crippen LogP contribution in [0.2, 0.25) is 0 Å². The fraction of sp³-hybridized carbons (Fsp3) is 0.667. The van der Waals surface area contributed by atoms with Gasteiger partial charge in [0, 0.05) is 25.7 Å². The van der Waals surface area contributed by atoms with E-state index in [1.165, 1.54) is 24.0 Å². The highest BCUT2D eigenvalue weighted by Crippen LogP contribution is 2.38. The molecule has 0 radical (unpaired) electrons. The molecule has 0 fully saturated rings. The molecule has 1 heterocycles. The van der Waals surface area contributed by atoms with Crippen LogP contribution < -0.4 is 4.89 Å². The van der Waals surface area contributed by atoms with E-state index in [1.54, 1.807) is 6.08 Å². The van der Waals surface area contributed by atoms with Gasteiger partial charge in [0.05, 0.1) is 33.9 Å². The average Bonchev–Trinajstić information content (AvgIpc) is 3.46. The van der Waals surface area contributed by atoms with Crippen molar-refractivity contribution >= 4 is 19.8 Å². The first-order valence-corrected chi connectivity index (χ1v) is 23.9. The van der Waals surface area contributed by atoms with E-state index in [0.29, 0.717) is 36.7 Å². The van der Waals surface area contributed by atoms with Crippen LogP contribution in [0.1, 0.15) is 146 Å². The topological polar surface area (TPSA) is 145 Å². The second-order valence-corrected chi connectivity index (χ2v) is 17.9. The number of carbonyl (C=O) groups is 2. The maximum Gasteiger partial charge on any atom is 0.306 e. The van der Waals surface area contributed by atoms with Crippen molar-refractivity contribution in [2.45, 2.75) is 162 Å². The summed E-state index contributed by atoms with van der Waals surface area (Å²) in [6.45, 7) is 8.03. The third-order valence-electron chi connectivity index (χ3n) is 9.91. The highest BCUT2D eigenvalue weighted by atomic mass is 31.2. The van der Waals surface area contributed by atoms with E-state index >= 15 is 0 Å². The number of unbranched alkanes of at least 4 members (excludes halogenated alkanes) is 8. The summed E-state index contributed by atoms with van der Waals surface area (Å²) in [6.07, 6.45) is 34.7. The lowest BCUT2D eigenvalue weighted by atomic mass is 10.0. The van der Waals surface area contributed by atoms with Crippen LogP contribution in [0.3, 0.4) is 0 Å². The predicted octanol–water partition coefficient (Wildman–Crippen LogP) is 10.5. The Labute approximate surface area is 363 Å². The minimum atomic E-state index is -4.67. The Morgan fingerprint density at radius 2 is 1.30 bits per heavy atom. The number of aliphatic hydroxyl groups excluding tert-OH is 1. The van der Waals surface area contributed by atoms with E-state index in [4.69, 9.17) is 22.9 Å². The largest absolute Gasteiger partial charge is 0.756 e.